The van der Waals surface area contributed by atoms with Crippen LogP contribution in [0.2, 0.25) is 0 Å². The summed E-state index contributed by atoms with van der Waals surface area (Å²) in [5.74, 6) is 0.418. The van der Waals surface area contributed by atoms with Crippen molar-refractivity contribution < 1.29 is 4.79 Å². The van der Waals surface area contributed by atoms with E-state index in [4.69, 9.17) is 17.2 Å². The second-order valence-corrected chi connectivity index (χ2v) is 10.0. The Morgan fingerprint density at radius 3 is 2.77 bits per heavy atom. The minimum absolute atomic E-state index is 0.0247. The molecule has 2 fully saturated rings. The smallest absolute Gasteiger partial charge is 0.267 e. The summed E-state index contributed by atoms with van der Waals surface area (Å²) in [6.07, 6.45) is 9.93. The van der Waals surface area contributed by atoms with Gasteiger partial charge in [0.25, 0.3) is 11.5 Å². The van der Waals surface area contributed by atoms with Gasteiger partial charge in [-0.15, -0.1) is 0 Å². The summed E-state index contributed by atoms with van der Waals surface area (Å²) in [5.41, 5.74) is 1.80. The van der Waals surface area contributed by atoms with Gasteiger partial charge in [-0.1, -0.05) is 56.2 Å². The van der Waals surface area contributed by atoms with Crippen LogP contribution in [0, 0.1) is 6.92 Å². The normalized spacial score (nSPS) is 20.1. The van der Waals surface area contributed by atoms with E-state index in [9.17, 15) is 9.59 Å². The SMILES string of the molecule is CCC(C)N1C(=O)C(=Cc2c(NC3CCCCC3)nc3c(C)cccn3c2=O)SC1=S. The van der Waals surface area contributed by atoms with Crippen LogP contribution < -0.4 is 10.9 Å². The summed E-state index contributed by atoms with van der Waals surface area (Å²) in [6.45, 7) is 5.96. The van der Waals surface area contributed by atoms with Crippen molar-refractivity contribution in [2.24, 2.45) is 0 Å². The summed E-state index contributed by atoms with van der Waals surface area (Å²) in [7, 11) is 0. The minimum atomic E-state index is -0.180. The first-order chi connectivity index (χ1) is 14.9. The number of pyridine rings is 1. The topological polar surface area (TPSA) is 66.7 Å². The molecular weight excluding hydrogens is 428 g/mol. The zero-order valence-corrected chi connectivity index (χ0v) is 19.8. The zero-order valence-electron chi connectivity index (χ0n) is 18.2. The molecule has 31 heavy (non-hydrogen) atoms. The highest BCUT2D eigenvalue weighted by molar-refractivity contribution is 8.26. The molecule has 1 aliphatic carbocycles. The fourth-order valence-corrected chi connectivity index (χ4v) is 5.61. The Hall–Kier alpha value is -2.19. The summed E-state index contributed by atoms with van der Waals surface area (Å²) < 4.78 is 2.10. The first kappa shape index (κ1) is 22.0. The highest BCUT2D eigenvalue weighted by atomic mass is 32.2. The number of amides is 1. The standard InChI is InChI=1S/C23H28N4O2S2/c1-4-15(3)27-22(29)18(31-23(27)30)13-17-19(24-16-10-6-5-7-11-16)25-20-14(2)9-8-12-26(20)21(17)28/h8-9,12-13,15-16,24H,4-7,10-11H2,1-3H3. The molecule has 8 heteroatoms. The Kier molecular flexibility index (Phi) is 6.48. The number of anilines is 1. The van der Waals surface area contributed by atoms with E-state index in [1.165, 1.54) is 31.0 Å². The number of aromatic nitrogens is 2. The Bertz CT molecular complexity index is 1120. The average molecular weight is 457 g/mol. The van der Waals surface area contributed by atoms with Crippen molar-refractivity contribution in [3.8, 4) is 0 Å². The molecule has 1 N–H and O–H groups in total. The number of nitrogens with one attached hydrogen (secondary N) is 1. The van der Waals surface area contributed by atoms with Gasteiger partial charge in [0.15, 0.2) is 0 Å². The molecule has 2 aromatic heterocycles. The van der Waals surface area contributed by atoms with E-state index in [2.05, 4.69) is 5.32 Å². The van der Waals surface area contributed by atoms with Crippen LogP contribution in [0.25, 0.3) is 11.7 Å². The minimum Gasteiger partial charge on any atom is -0.367 e. The highest BCUT2D eigenvalue weighted by Crippen LogP contribution is 2.35. The lowest BCUT2D eigenvalue weighted by Crippen LogP contribution is -2.36. The van der Waals surface area contributed by atoms with E-state index < -0.39 is 0 Å². The number of hydrogen-bond acceptors (Lipinski definition) is 6. The lowest BCUT2D eigenvalue weighted by Gasteiger charge is -2.24. The summed E-state index contributed by atoms with van der Waals surface area (Å²) in [6, 6.07) is 4.10. The van der Waals surface area contributed by atoms with Crippen molar-refractivity contribution in [3.05, 3.63) is 44.7 Å². The molecular formula is C23H28N4O2S2. The Labute approximate surface area is 192 Å². The Balaban J connectivity index is 1.82. The molecule has 6 nitrogen and oxygen atoms in total. The molecule has 1 atom stereocenters. The van der Waals surface area contributed by atoms with Crippen molar-refractivity contribution in [2.75, 3.05) is 5.32 Å². The maximum atomic E-state index is 13.5. The molecule has 1 aliphatic heterocycles. The van der Waals surface area contributed by atoms with Gasteiger partial charge in [0.1, 0.15) is 15.8 Å². The van der Waals surface area contributed by atoms with Gasteiger partial charge < -0.3 is 5.32 Å². The molecule has 0 bridgehead atoms. The fraction of sp³-hybridized carbons (Fsp3) is 0.478. The van der Waals surface area contributed by atoms with E-state index in [1.54, 1.807) is 21.6 Å². The van der Waals surface area contributed by atoms with E-state index in [-0.39, 0.29) is 23.6 Å². The lowest BCUT2D eigenvalue weighted by atomic mass is 9.95. The molecule has 2 aliphatic rings. The van der Waals surface area contributed by atoms with Gasteiger partial charge in [0.05, 0.1) is 10.5 Å². The Morgan fingerprint density at radius 2 is 2.06 bits per heavy atom. The number of aryl methyl sites for hydroxylation is 1. The maximum Gasteiger partial charge on any atom is 0.267 e. The van der Waals surface area contributed by atoms with Crippen molar-refractivity contribution in [1.29, 1.82) is 0 Å². The third kappa shape index (κ3) is 4.28. The number of hydrogen-bond donors (Lipinski definition) is 1. The van der Waals surface area contributed by atoms with Gasteiger partial charge in [0.2, 0.25) is 0 Å². The predicted molar refractivity (Wildman–Crippen MR) is 131 cm³/mol. The molecule has 1 amide bonds. The Morgan fingerprint density at radius 1 is 1.32 bits per heavy atom. The largest absolute Gasteiger partial charge is 0.367 e. The van der Waals surface area contributed by atoms with Gasteiger partial charge in [-0.3, -0.25) is 18.9 Å². The second-order valence-electron chi connectivity index (χ2n) is 8.35. The molecule has 1 saturated carbocycles. The van der Waals surface area contributed by atoms with E-state index in [1.807, 2.05) is 32.9 Å². The van der Waals surface area contributed by atoms with Gasteiger partial charge >= 0.3 is 0 Å². The number of rotatable bonds is 5. The van der Waals surface area contributed by atoms with Crippen LogP contribution in [-0.4, -0.2) is 36.6 Å². The van der Waals surface area contributed by atoms with Crippen LogP contribution >= 0.6 is 24.0 Å². The number of carbonyl (C=O) groups excluding carboxylic acids is 1. The van der Waals surface area contributed by atoms with Gasteiger partial charge in [-0.05, 0) is 50.8 Å². The second kappa shape index (κ2) is 9.12. The number of nitrogens with zero attached hydrogens (tertiary/aromatic N) is 3. The number of thiocarbonyl (C=S) groups is 1. The first-order valence-corrected chi connectivity index (χ1v) is 12.2. The molecule has 0 spiro atoms. The number of thioether (sulfide) groups is 1. The maximum absolute atomic E-state index is 13.5. The third-order valence-corrected chi connectivity index (χ3v) is 7.49. The molecule has 3 heterocycles. The quantitative estimate of drug-likeness (QED) is 0.517. The van der Waals surface area contributed by atoms with Crippen molar-refractivity contribution in [2.45, 2.75) is 71.4 Å². The van der Waals surface area contributed by atoms with E-state index >= 15 is 0 Å². The van der Waals surface area contributed by atoms with Crippen molar-refractivity contribution in [3.63, 3.8) is 0 Å². The summed E-state index contributed by atoms with van der Waals surface area (Å²) in [4.78, 5) is 33.5. The van der Waals surface area contributed by atoms with Crippen LogP contribution in [0.15, 0.2) is 28.0 Å². The van der Waals surface area contributed by atoms with Gasteiger partial charge in [-0.2, -0.15) is 0 Å². The predicted octanol–water partition coefficient (Wildman–Crippen LogP) is 4.75. The molecule has 1 saturated heterocycles. The van der Waals surface area contributed by atoms with Crippen LogP contribution in [0.4, 0.5) is 5.82 Å². The fourth-order valence-electron chi connectivity index (χ4n) is 4.17. The molecule has 0 radical (unpaired) electrons. The molecule has 2 aromatic rings. The summed E-state index contributed by atoms with van der Waals surface area (Å²) in [5, 5.41) is 3.52. The molecule has 4 rings (SSSR count). The molecule has 0 aromatic carbocycles. The van der Waals surface area contributed by atoms with E-state index in [0.717, 1.165) is 24.8 Å². The molecule has 1 unspecified atom stereocenters. The highest BCUT2D eigenvalue weighted by Gasteiger charge is 2.35. The third-order valence-electron chi connectivity index (χ3n) is 6.16. The van der Waals surface area contributed by atoms with Crippen molar-refractivity contribution >= 4 is 51.7 Å². The van der Waals surface area contributed by atoms with Gasteiger partial charge in [-0.25, -0.2) is 4.98 Å². The van der Waals surface area contributed by atoms with Crippen LogP contribution in [0.3, 0.4) is 0 Å². The zero-order chi connectivity index (χ0) is 22.1. The number of fused-ring (bicyclic) bond motifs is 1. The van der Waals surface area contributed by atoms with Crippen LogP contribution in [-0.2, 0) is 4.79 Å². The number of carbonyl (C=O) groups is 1. The lowest BCUT2D eigenvalue weighted by molar-refractivity contribution is -0.123. The average Bonchev–Trinajstić information content (AvgIpc) is 3.04. The molecule has 164 valence electrons. The van der Waals surface area contributed by atoms with E-state index in [0.29, 0.717) is 26.3 Å². The monoisotopic (exact) mass is 456 g/mol. The van der Waals surface area contributed by atoms with Gasteiger partial charge in [0, 0.05) is 18.3 Å². The first-order valence-electron chi connectivity index (χ1n) is 11.0. The van der Waals surface area contributed by atoms with Crippen LogP contribution in [0.5, 0.6) is 0 Å². The van der Waals surface area contributed by atoms with Crippen molar-refractivity contribution in [1.82, 2.24) is 14.3 Å². The van der Waals surface area contributed by atoms with Crippen LogP contribution in [0.1, 0.15) is 63.5 Å². The summed E-state index contributed by atoms with van der Waals surface area (Å²) >= 11 is 6.71.